The second-order valence-electron chi connectivity index (χ2n) is 1.63. The molecule has 0 saturated carbocycles. The molecule has 0 aliphatic heterocycles. The van der Waals surface area contributed by atoms with Crippen molar-refractivity contribution >= 4 is 12.6 Å². The van der Waals surface area contributed by atoms with Crippen LogP contribution in [0, 0.1) is 11.6 Å². The number of hydrogen-bond acceptors (Lipinski definition) is 1. The molecular weight excluding hydrogens is 166 g/mol. The van der Waals surface area contributed by atoms with Crippen LogP contribution in [0.5, 0.6) is 0 Å². The van der Waals surface area contributed by atoms with Crippen molar-refractivity contribution in [3.63, 3.8) is 0 Å². The van der Waals surface area contributed by atoms with Crippen LogP contribution in [0.1, 0.15) is 13.8 Å². The summed E-state index contributed by atoms with van der Waals surface area (Å²) in [4.78, 5) is 0.299. The number of benzene rings is 1. The maximum absolute atomic E-state index is 12.1. The summed E-state index contributed by atoms with van der Waals surface area (Å²) in [6.07, 6.45) is 0. The van der Waals surface area contributed by atoms with Crippen LogP contribution in [0.25, 0.3) is 0 Å². The molecule has 0 fully saturated rings. The quantitative estimate of drug-likeness (QED) is 0.576. The van der Waals surface area contributed by atoms with Gasteiger partial charge in [0.2, 0.25) is 0 Å². The summed E-state index contributed by atoms with van der Waals surface area (Å²) in [7, 11) is 0. The zero-order valence-electron chi connectivity index (χ0n) is 6.44. The lowest BCUT2D eigenvalue weighted by Crippen LogP contribution is -1.77. The van der Waals surface area contributed by atoms with Crippen molar-refractivity contribution in [1.29, 1.82) is 0 Å². The van der Waals surface area contributed by atoms with Gasteiger partial charge in [-0.25, -0.2) is 8.78 Å². The molecule has 0 spiro atoms. The van der Waals surface area contributed by atoms with Gasteiger partial charge in [-0.3, -0.25) is 0 Å². The second-order valence-corrected chi connectivity index (χ2v) is 2.14. The second kappa shape index (κ2) is 5.13. The van der Waals surface area contributed by atoms with E-state index in [1.807, 2.05) is 13.8 Å². The van der Waals surface area contributed by atoms with Crippen molar-refractivity contribution in [1.82, 2.24) is 0 Å². The fourth-order valence-electron chi connectivity index (χ4n) is 0.539. The van der Waals surface area contributed by atoms with Gasteiger partial charge >= 0.3 is 0 Å². The first-order valence-corrected chi connectivity index (χ1v) is 3.78. The van der Waals surface area contributed by atoms with E-state index in [1.54, 1.807) is 0 Å². The molecule has 0 heterocycles. The van der Waals surface area contributed by atoms with Crippen LogP contribution < -0.4 is 0 Å². The molecule has 0 nitrogen and oxygen atoms in total. The van der Waals surface area contributed by atoms with Crippen molar-refractivity contribution in [3.8, 4) is 0 Å². The van der Waals surface area contributed by atoms with Crippen LogP contribution in [0.3, 0.4) is 0 Å². The minimum atomic E-state index is -0.597. The van der Waals surface area contributed by atoms with Gasteiger partial charge in [0.05, 0.1) is 0 Å². The summed E-state index contributed by atoms with van der Waals surface area (Å²) in [6, 6.07) is 3.10. The Morgan fingerprint density at radius 3 is 1.64 bits per heavy atom. The molecule has 0 bridgehead atoms. The summed E-state index contributed by atoms with van der Waals surface area (Å²) in [6.45, 7) is 4.00. The monoisotopic (exact) mass is 176 g/mol. The molecule has 3 heteroatoms. The summed E-state index contributed by atoms with van der Waals surface area (Å²) in [5.74, 6) is -1.19. The molecule has 62 valence electrons. The summed E-state index contributed by atoms with van der Waals surface area (Å²) < 4.78 is 24.3. The Hall–Kier alpha value is -0.570. The highest BCUT2D eigenvalue weighted by Crippen LogP contribution is 2.10. The minimum Gasteiger partial charge on any atom is -0.207 e. The van der Waals surface area contributed by atoms with Crippen LogP contribution in [0.15, 0.2) is 23.1 Å². The predicted molar refractivity (Wildman–Crippen MR) is 45.0 cm³/mol. The molecule has 0 aliphatic carbocycles. The fourth-order valence-corrected chi connectivity index (χ4v) is 0.786. The lowest BCUT2D eigenvalue weighted by Gasteiger charge is -1.90. The summed E-state index contributed by atoms with van der Waals surface area (Å²) in [5, 5.41) is 0. The van der Waals surface area contributed by atoms with Crippen LogP contribution in [0.2, 0.25) is 0 Å². The lowest BCUT2D eigenvalue weighted by molar-refractivity contribution is 0.577. The van der Waals surface area contributed by atoms with Gasteiger partial charge in [-0.1, -0.05) is 13.8 Å². The molecule has 0 radical (unpaired) electrons. The first kappa shape index (κ1) is 10.4. The third kappa shape index (κ3) is 3.98. The zero-order chi connectivity index (χ0) is 8.85. The van der Waals surface area contributed by atoms with E-state index in [2.05, 4.69) is 12.6 Å². The molecule has 0 saturated heterocycles. The summed E-state index contributed by atoms with van der Waals surface area (Å²) >= 11 is 3.74. The van der Waals surface area contributed by atoms with E-state index in [9.17, 15) is 8.78 Å². The van der Waals surface area contributed by atoms with E-state index in [0.717, 1.165) is 18.2 Å². The molecule has 0 aliphatic rings. The highest BCUT2D eigenvalue weighted by Gasteiger charge is 1.94. The minimum absolute atomic E-state index is 0.299. The molecule has 0 N–H and O–H groups in total. The molecule has 1 rings (SSSR count). The number of hydrogen-bond donors (Lipinski definition) is 1. The Morgan fingerprint density at radius 2 is 1.36 bits per heavy atom. The van der Waals surface area contributed by atoms with Crippen LogP contribution in [0.4, 0.5) is 8.78 Å². The Labute approximate surface area is 70.7 Å². The van der Waals surface area contributed by atoms with E-state index >= 15 is 0 Å². The van der Waals surface area contributed by atoms with E-state index in [0.29, 0.717) is 4.90 Å². The van der Waals surface area contributed by atoms with Crippen molar-refractivity contribution in [2.75, 3.05) is 0 Å². The number of rotatable bonds is 0. The Balaban J connectivity index is 0.000000461. The van der Waals surface area contributed by atoms with Gasteiger partial charge in [-0.2, -0.15) is 0 Å². The molecule has 11 heavy (non-hydrogen) atoms. The molecular formula is C8H10F2S. The largest absolute Gasteiger partial charge is 0.207 e. The summed E-state index contributed by atoms with van der Waals surface area (Å²) in [5.41, 5.74) is 0. The highest BCUT2D eigenvalue weighted by molar-refractivity contribution is 7.80. The SMILES string of the molecule is CC.Fc1cc(F)cc(S)c1. The average molecular weight is 176 g/mol. The Bertz CT molecular complexity index is 173. The Kier molecular flexibility index (Phi) is 4.86. The normalized spacial score (nSPS) is 8.45. The number of thiol groups is 1. The molecule has 0 amide bonds. The van der Waals surface area contributed by atoms with Gasteiger partial charge in [-0.05, 0) is 12.1 Å². The van der Waals surface area contributed by atoms with E-state index in [4.69, 9.17) is 0 Å². The average Bonchev–Trinajstić information content (AvgIpc) is 1.88. The van der Waals surface area contributed by atoms with Gasteiger partial charge in [0.1, 0.15) is 11.6 Å². The first-order chi connectivity index (χ1) is 5.18. The van der Waals surface area contributed by atoms with Crippen molar-refractivity contribution in [2.45, 2.75) is 18.7 Å². The van der Waals surface area contributed by atoms with Crippen LogP contribution >= 0.6 is 12.6 Å². The van der Waals surface area contributed by atoms with E-state index < -0.39 is 11.6 Å². The Morgan fingerprint density at radius 1 is 1.00 bits per heavy atom. The van der Waals surface area contributed by atoms with E-state index in [1.165, 1.54) is 0 Å². The zero-order valence-corrected chi connectivity index (χ0v) is 7.33. The predicted octanol–water partition coefficient (Wildman–Crippen LogP) is 3.28. The maximum Gasteiger partial charge on any atom is 0.127 e. The van der Waals surface area contributed by atoms with Crippen molar-refractivity contribution < 1.29 is 8.78 Å². The van der Waals surface area contributed by atoms with Gasteiger partial charge in [-0.15, -0.1) is 12.6 Å². The molecule has 0 unspecified atom stereocenters. The van der Waals surface area contributed by atoms with Crippen LogP contribution in [-0.2, 0) is 0 Å². The smallest absolute Gasteiger partial charge is 0.127 e. The molecule has 1 aromatic rings. The third-order valence-corrected chi connectivity index (χ3v) is 1.11. The van der Waals surface area contributed by atoms with Gasteiger partial charge in [0, 0.05) is 11.0 Å². The number of halogens is 2. The van der Waals surface area contributed by atoms with Crippen LogP contribution in [-0.4, -0.2) is 0 Å². The van der Waals surface area contributed by atoms with Gasteiger partial charge in [0.25, 0.3) is 0 Å². The van der Waals surface area contributed by atoms with Gasteiger partial charge < -0.3 is 0 Å². The van der Waals surface area contributed by atoms with Crippen molar-refractivity contribution in [2.24, 2.45) is 0 Å². The standard InChI is InChI=1S/C6H4F2S.C2H6/c7-4-1-5(8)3-6(9)2-4;1-2/h1-3,9H;1-2H3. The fraction of sp³-hybridized carbons (Fsp3) is 0.250. The van der Waals surface area contributed by atoms with Gasteiger partial charge in [0.15, 0.2) is 0 Å². The first-order valence-electron chi connectivity index (χ1n) is 3.33. The maximum atomic E-state index is 12.1. The third-order valence-electron chi connectivity index (χ3n) is 0.847. The highest BCUT2D eigenvalue weighted by atomic mass is 32.1. The van der Waals surface area contributed by atoms with E-state index in [-0.39, 0.29) is 0 Å². The lowest BCUT2D eigenvalue weighted by atomic mass is 10.3. The molecule has 0 aromatic heterocycles. The molecule has 0 atom stereocenters. The van der Waals surface area contributed by atoms with Crippen molar-refractivity contribution in [3.05, 3.63) is 29.8 Å². The topological polar surface area (TPSA) is 0 Å². The molecule has 1 aromatic carbocycles.